The van der Waals surface area contributed by atoms with Crippen LogP contribution in [0.2, 0.25) is 0 Å². The van der Waals surface area contributed by atoms with E-state index < -0.39 is 0 Å². The molecule has 3 amide bonds. The van der Waals surface area contributed by atoms with Crippen LogP contribution in [0.4, 0.5) is 16.2 Å². The molecule has 0 spiro atoms. The Kier molecular flexibility index (Phi) is 12.1. The van der Waals surface area contributed by atoms with Crippen molar-refractivity contribution in [2.24, 2.45) is 0 Å². The van der Waals surface area contributed by atoms with Gasteiger partial charge in [-0.2, -0.15) is 0 Å². The van der Waals surface area contributed by atoms with Gasteiger partial charge in [0.1, 0.15) is 17.6 Å². The van der Waals surface area contributed by atoms with Crippen LogP contribution in [0, 0.1) is 0 Å². The first-order valence-electron chi connectivity index (χ1n) is 16.3. The average molecular weight is 637 g/mol. The zero-order valence-corrected chi connectivity index (χ0v) is 27.2. The van der Waals surface area contributed by atoms with Crippen molar-refractivity contribution in [3.05, 3.63) is 108 Å². The molecule has 1 aliphatic rings. The summed E-state index contributed by atoms with van der Waals surface area (Å²) < 4.78 is 17.7. The van der Waals surface area contributed by atoms with Crippen LogP contribution < -0.4 is 30.2 Å². The number of methoxy groups -OCH3 is 1. The van der Waals surface area contributed by atoms with Gasteiger partial charge in [-0.05, 0) is 85.5 Å². The van der Waals surface area contributed by atoms with E-state index in [4.69, 9.17) is 14.2 Å². The summed E-state index contributed by atoms with van der Waals surface area (Å²) in [5, 5.41) is 8.60. The Bertz CT molecular complexity index is 1570. The number of hydrogen-bond donors (Lipinski definition) is 3. The molecule has 1 fully saturated rings. The van der Waals surface area contributed by atoms with Crippen LogP contribution in [0.25, 0.3) is 0 Å². The number of ether oxygens (including phenoxy) is 3. The molecule has 0 atom stereocenters. The molecular weight excluding hydrogens is 592 g/mol. The predicted molar refractivity (Wildman–Crippen MR) is 186 cm³/mol. The Hall–Kier alpha value is -5.02. The molecule has 47 heavy (non-hydrogen) atoms. The number of rotatable bonds is 14. The second-order valence-corrected chi connectivity index (χ2v) is 11.6. The molecule has 0 aromatic heterocycles. The fraction of sp³-hybridized carbons (Fsp3) is 0.316. The first kappa shape index (κ1) is 33.3. The van der Waals surface area contributed by atoms with Crippen LogP contribution in [-0.2, 0) is 6.54 Å². The van der Waals surface area contributed by atoms with Crippen molar-refractivity contribution in [1.29, 1.82) is 0 Å². The van der Waals surface area contributed by atoms with Gasteiger partial charge in [-0.3, -0.25) is 9.69 Å². The highest BCUT2D eigenvalue weighted by atomic mass is 16.5. The number of benzene rings is 4. The predicted octanol–water partition coefficient (Wildman–Crippen LogP) is 8.09. The molecule has 9 heteroatoms. The summed E-state index contributed by atoms with van der Waals surface area (Å²) in [7, 11) is 1.55. The molecule has 0 radical (unpaired) electrons. The molecule has 1 saturated heterocycles. The number of nitrogens with zero attached hydrogens (tertiary/aromatic N) is 1. The molecule has 9 nitrogen and oxygen atoms in total. The Morgan fingerprint density at radius 2 is 1.49 bits per heavy atom. The lowest BCUT2D eigenvalue weighted by molar-refractivity contribution is 0.0967. The molecule has 4 aromatic rings. The van der Waals surface area contributed by atoms with Gasteiger partial charge in [-0.25, -0.2) is 4.79 Å². The summed E-state index contributed by atoms with van der Waals surface area (Å²) in [5.74, 6) is 2.11. The third-order valence-electron chi connectivity index (χ3n) is 8.03. The highest BCUT2D eigenvalue weighted by Crippen LogP contribution is 2.34. The van der Waals surface area contributed by atoms with Crippen molar-refractivity contribution >= 4 is 23.3 Å². The summed E-state index contributed by atoms with van der Waals surface area (Å²) in [4.78, 5) is 27.5. The average Bonchev–Trinajstić information content (AvgIpc) is 3.10. The number of hydrogen-bond acceptors (Lipinski definition) is 6. The van der Waals surface area contributed by atoms with Crippen LogP contribution in [0.3, 0.4) is 0 Å². The molecule has 0 saturated carbocycles. The van der Waals surface area contributed by atoms with E-state index in [1.165, 1.54) is 5.56 Å². The van der Waals surface area contributed by atoms with Crippen LogP contribution >= 0.6 is 0 Å². The van der Waals surface area contributed by atoms with Crippen molar-refractivity contribution in [1.82, 2.24) is 10.2 Å². The zero-order chi connectivity index (χ0) is 32.8. The smallest absolute Gasteiger partial charge is 0.319 e. The van der Waals surface area contributed by atoms with E-state index in [1.807, 2.05) is 18.2 Å². The summed E-state index contributed by atoms with van der Waals surface area (Å²) in [6.07, 6.45) is 5.24. The first-order chi connectivity index (χ1) is 23.0. The Morgan fingerprint density at radius 1 is 0.787 bits per heavy atom. The van der Waals surface area contributed by atoms with Gasteiger partial charge in [-0.15, -0.1) is 0 Å². The summed E-state index contributed by atoms with van der Waals surface area (Å²) in [5.41, 5.74) is 3.12. The van der Waals surface area contributed by atoms with Crippen LogP contribution in [0.5, 0.6) is 23.0 Å². The van der Waals surface area contributed by atoms with Gasteiger partial charge < -0.3 is 30.2 Å². The molecule has 1 aliphatic heterocycles. The molecule has 0 bridgehead atoms. The summed E-state index contributed by atoms with van der Waals surface area (Å²) in [6, 6.07) is 29.9. The zero-order valence-electron chi connectivity index (χ0n) is 27.2. The highest BCUT2D eigenvalue weighted by Gasteiger charge is 2.21. The summed E-state index contributed by atoms with van der Waals surface area (Å²) in [6.45, 7) is 5.72. The minimum absolute atomic E-state index is 0.170. The lowest BCUT2D eigenvalue weighted by Crippen LogP contribution is -2.37. The maximum Gasteiger partial charge on any atom is 0.319 e. The second kappa shape index (κ2) is 17.1. The maximum atomic E-state index is 12.9. The van der Waals surface area contributed by atoms with Crippen molar-refractivity contribution in [2.45, 2.75) is 51.7 Å². The van der Waals surface area contributed by atoms with Crippen LogP contribution in [-0.4, -0.2) is 49.7 Å². The maximum absolute atomic E-state index is 12.9. The number of anilines is 2. The number of unbranched alkanes of at least 4 members (excludes halogenated alkanes) is 2. The third-order valence-corrected chi connectivity index (χ3v) is 8.03. The standard InChI is InChI=1S/C38H44N4O5/c1-3-4-8-23-39-38(44)41-31-15-20-35(36(26-31)45-2)47-33-18-13-30(14-19-33)40-37(43)29-11-16-32(17-12-29)46-34-21-24-42(25-22-34)27-28-9-6-5-7-10-28/h5-7,9-20,26,34H,3-4,8,21-25,27H2,1-2H3,(H,40,43)(H2,39,41,44). The van der Waals surface area contributed by atoms with Crippen LogP contribution in [0.1, 0.15) is 54.9 Å². The van der Waals surface area contributed by atoms with Crippen molar-refractivity contribution in [3.8, 4) is 23.0 Å². The normalized spacial score (nSPS) is 13.4. The lowest BCUT2D eigenvalue weighted by Gasteiger charge is -2.32. The van der Waals surface area contributed by atoms with Gasteiger partial charge in [0, 0.05) is 49.2 Å². The van der Waals surface area contributed by atoms with Crippen molar-refractivity contribution in [2.75, 3.05) is 37.4 Å². The van der Waals surface area contributed by atoms with Crippen molar-refractivity contribution < 1.29 is 23.8 Å². The minimum atomic E-state index is -0.260. The van der Waals surface area contributed by atoms with Gasteiger partial charge in [0.2, 0.25) is 0 Å². The van der Waals surface area contributed by atoms with E-state index in [-0.39, 0.29) is 18.0 Å². The number of likely N-dealkylation sites (tertiary alicyclic amines) is 1. The number of amides is 3. The Morgan fingerprint density at radius 3 is 2.19 bits per heavy atom. The number of carbonyl (C=O) groups excluding carboxylic acids is 2. The molecule has 0 unspecified atom stereocenters. The summed E-state index contributed by atoms with van der Waals surface area (Å²) >= 11 is 0. The van der Waals surface area contributed by atoms with E-state index in [0.717, 1.165) is 57.5 Å². The van der Waals surface area contributed by atoms with E-state index in [0.29, 0.717) is 40.7 Å². The van der Waals surface area contributed by atoms with Gasteiger partial charge in [0.15, 0.2) is 11.5 Å². The van der Waals surface area contributed by atoms with Gasteiger partial charge in [0.25, 0.3) is 5.91 Å². The first-order valence-corrected chi connectivity index (χ1v) is 16.3. The lowest BCUT2D eigenvalue weighted by atomic mass is 10.1. The quantitative estimate of drug-likeness (QED) is 0.121. The molecule has 1 heterocycles. The molecule has 4 aromatic carbocycles. The number of urea groups is 1. The highest BCUT2D eigenvalue weighted by molar-refractivity contribution is 6.04. The number of carbonyl (C=O) groups is 2. The van der Waals surface area contributed by atoms with E-state index in [1.54, 1.807) is 61.7 Å². The molecule has 3 N–H and O–H groups in total. The molecule has 5 rings (SSSR count). The monoisotopic (exact) mass is 636 g/mol. The fourth-order valence-corrected chi connectivity index (χ4v) is 5.42. The fourth-order valence-electron chi connectivity index (χ4n) is 5.42. The third kappa shape index (κ3) is 10.2. The van der Waals surface area contributed by atoms with Gasteiger partial charge >= 0.3 is 6.03 Å². The number of nitrogens with one attached hydrogen (secondary N) is 3. The van der Waals surface area contributed by atoms with Gasteiger partial charge in [-0.1, -0.05) is 50.1 Å². The van der Waals surface area contributed by atoms with Crippen LogP contribution in [0.15, 0.2) is 97.1 Å². The Labute approximate surface area is 277 Å². The van der Waals surface area contributed by atoms with E-state index >= 15 is 0 Å². The topological polar surface area (TPSA) is 101 Å². The van der Waals surface area contributed by atoms with Gasteiger partial charge in [0.05, 0.1) is 7.11 Å². The molecule has 246 valence electrons. The largest absolute Gasteiger partial charge is 0.493 e. The SMILES string of the molecule is CCCCCNC(=O)Nc1ccc(Oc2ccc(NC(=O)c3ccc(OC4CCN(Cc5ccccc5)CC4)cc3)cc2)c(OC)c1. The van der Waals surface area contributed by atoms with E-state index in [9.17, 15) is 9.59 Å². The van der Waals surface area contributed by atoms with Crippen molar-refractivity contribution in [3.63, 3.8) is 0 Å². The minimum Gasteiger partial charge on any atom is -0.493 e. The second-order valence-electron chi connectivity index (χ2n) is 11.6. The molecule has 0 aliphatic carbocycles. The van der Waals surface area contributed by atoms with E-state index in [2.05, 4.69) is 52.0 Å². The molecular formula is C38H44N4O5. The Balaban J connectivity index is 1.07. The number of piperidine rings is 1.